The molecule has 4 nitrogen and oxygen atoms in total. The predicted octanol–water partition coefficient (Wildman–Crippen LogP) is -0.230. The van der Waals surface area contributed by atoms with E-state index in [0.29, 0.717) is 5.82 Å². The summed E-state index contributed by atoms with van der Waals surface area (Å²) in [4.78, 5) is 4.00. The average Bonchev–Trinajstić information content (AvgIpc) is 2.53. The van der Waals surface area contributed by atoms with E-state index in [2.05, 4.69) is 4.98 Å². The van der Waals surface area contributed by atoms with Crippen molar-refractivity contribution in [2.75, 3.05) is 0 Å². The van der Waals surface area contributed by atoms with Crippen LogP contribution in [0.1, 0.15) is 0 Å². The molecule has 0 aromatic carbocycles. The van der Waals surface area contributed by atoms with Crippen molar-refractivity contribution in [2.24, 2.45) is 7.05 Å². The first-order chi connectivity index (χ1) is 6.27. The maximum absolute atomic E-state index is 11.3. The molecule has 2 aromatic rings. The second-order valence-electron chi connectivity index (χ2n) is 2.81. The molecule has 0 saturated carbocycles. The van der Waals surface area contributed by atoms with E-state index in [-0.39, 0.29) is 5.75 Å². The van der Waals surface area contributed by atoms with Crippen LogP contribution in [0.4, 0.5) is 0 Å². The minimum absolute atomic E-state index is 0.0706. The molecule has 13 heavy (non-hydrogen) atoms. The number of aryl methyl sites for hydroxylation is 1. The monoisotopic (exact) mass is 175 g/mol. The first-order valence-electron chi connectivity index (χ1n) is 3.93. The van der Waals surface area contributed by atoms with Crippen molar-refractivity contribution in [3.8, 4) is 11.6 Å². The van der Waals surface area contributed by atoms with Gasteiger partial charge in [0.2, 0.25) is 12.1 Å². The summed E-state index contributed by atoms with van der Waals surface area (Å²) < 4.78 is 3.55. The number of pyridine rings is 1. The van der Waals surface area contributed by atoms with E-state index in [1.54, 1.807) is 29.4 Å². The standard InChI is InChI=1S/C9H9N3O/c1-11-5-6-12(7-11)9-8(13)3-2-4-10-9/h2-7H,1H3. The zero-order valence-corrected chi connectivity index (χ0v) is 7.21. The first kappa shape index (κ1) is 7.79. The van der Waals surface area contributed by atoms with Gasteiger partial charge in [0.15, 0.2) is 0 Å². The summed E-state index contributed by atoms with van der Waals surface area (Å²) in [6.07, 6.45) is 7.05. The number of imidazole rings is 1. The molecule has 0 radical (unpaired) electrons. The summed E-state index contributed by atoms with van der Waals surface area (Å²) >= 11 is 0. The fourth-order valence-electron chi connectivity index (χ4n) is 1.15. The molecule has 0 unspecified atom stereocenters. The third-order valence-corrected chi connectivity index (χ3v) is 1.76. The molecule has 0 aliphatic rings. The highest BCUT2D eigenvalue weighted by molar-refractivity contribution is 5.36. The van der Waals surface area contributed by atoms with Crippen LogP contribution in [0.2, 0.25) is 0 Å². The molecular weight excluding hydrogens is 166 g/mol. The van der Waals surface area contributed by atoms with Gasteiger partial charge in [0.25, 0.3) is 0 Å². The normalized spacial score (nSPS) is 10.2. The van der Waals surface area contributed by atoms with Gasteiger partial charge in [-0.15, -0.1) is 0 Å². The fourth-order valence-corrected chi connectivity index (χ4v) is 1.15. The van der Waals surface area contributed by atoms with Crippen LogP contribution < -0.4 is 9.67 Å². The topological polar surface area (TPSA) is 44.8 Å². The van der Waals surface area contributed by atoms with Crippen molar-refractivity contribution in [2.45, 2.75) is 0 Å². The number of rotatable bonds is 1. The van der Waals surface area contributed by atoms with Crippen LogP contribution >= 0.6 is 0 Å². The van der Waals surface area contributed by atoms with Crippen LogP contribution in [0.15, 0.2) is 37.1 Å². The lowest BCUT2D eigenvalue weighted by molar-refractivity contribution is -0.670. The number of nitrogens with zero attached hydrogens (tertiary/aromatic N) is 3. The highest BCUT2D eigenvalue weighted by Crippen LogP contribution is 2.12. The Balaban J connectivity index is 2.52. The third kappa shape index (κ3) is 1.38. The summed E-state index contributed by atoms with van der Waals surface area (Å²) in [5.74, 6) is 0.363. The maximum atomic E-state index is 11.3. The molecule has 2 rings (SSSR count). The van der Waals surface area contributed by atoms with Crippen LogP contribution in [0, 0.1) is 0 Å². The highest BCUT2D eigenvalue weighted by Gasteiger charge is 2.04. The predicted molar refractivity (Wildman–Crippen MR) is 44.2 cm³/mol. The van der Waals surface area contributed by atoms with Gasteiger partial charge in [-0.05, 0) is 11.8 Å². The summed E-state index contributed by atoms with van der Waals surface area (Å²) in [6.45, 7) is 0. The average molecular weight is 175 g/mol. The van der Waals surface area contributed by atoms with Crippen LogP contribution in [-0.2, 0) is 7.05 Å². The van der Waals surface area contributed by atoms with Gasteiger partial charge in [0.1, 0.15) is 12.4 Å². The van der Waals surface area contributed by atoms with Gasteiger partial charge in [-0.2, -0.15) is 4.57 Å². The van der Waals surface area contributed by atoms with Crippen molar-refractivity contribution in [1.82, 2.24) is 9.55 Å². The maximum Gasteiger partial charge on any atom is 0.249 e. The quantitative estimate of drug-likeness (QED) is 0.562. The molecule has 0 N–H and O–H groups in total. The number of aromatic nitrogens is 3. The third-order valence-electron chi connectivity index (χ3n) is 1.76. The Morgan fingerprint density at radius 2 is 2.38 bits per heavy atom. The van der Waals surface area contributed by atoms with E-state index in [1.165, 1.54) is 6.07 Å². The molecule has 0 amide bonds. The van der Waals surface area contributed by atoms with Gasteiger partial charge in [-0.3, -0.25) is 0 Å². The van der Waals surface area contributed by atoms with Gasteiger partial charge in [-0.1, -0.05) is 6.07 Å². The molecule has 2 heterocycles. The lowest BCUT2D eigenvalue weighted by Gasteiger charge is -2.06. The molecule has 0 fully saturated rings. The van der Waals surface area contributed by atoms with Gasteiger partial charge < -0.3 is 5.11 Å². The Labute approximate surface area is 75.7 Å². The van der Waals surface area contributed by atoms with Gasteiger partial charge >= 0.3 is 0 Å². The summed E-state index contributed by atoms with van der Waals surface area (Å²) in [5.41, 5.74) is 0. The first-order valence-corrected chi connectivity index (χ1v) is 3.93. The van der Waals surface area contributed by atoms with Crippen molar-refractivity contribution in [1.29, 1.82) is 0 Å². The molecule has 0 aliphatic carbocycles. The van der Waals surface area contributed by atoms with E-state index >= 15 is 0 Å². The van der Waals surface area contributed by atoms with Crippen LogP contribution in [0.3, 0.4) is 0 Å². The smallest absolute Gasteiger partial charge is 0.249 e. The van der Waals surface area contributed by atoms with Gasteiger partial charge in [0.05, 0.1) is 7.05 Å². The second kappa shape index (κ2) is 2.90. The number of hydrogen-bond acceptors (Lipinski definition) is 2. The van der Waals surface area contributed by atoms with Crippen molar-refractivity contribution >= 4 is 0 Å². The van der Waals surface area contributed by atoms with Crippen LogP contribution in [0.25, 0.3) is 5.82 Å². The molecular formula is C9H9N3O. The van der Waals surface area contributed by atoms with E-state index in [4.69, 9.17) is 0 Å². The second-order valence-corrected chi connectivity index (χ2v) is 2.81. The molecule has 66 valence electrons. The fraction of sp³-hybridized carbons (Fsp3) is 0.111. The molecule has 0 atom stereocenters. The SMILES string of the molecule is C[n+]1ccn(-c2ncccc2[O-])c1. The summed E-state index contributed by atoms with van der Waals surface area (Å²) in [6, 6.07) is 3.14. The minimum Gasteiger partial charge on any atom is -0.868 e. The zero-order chi connectivity index (χ0) is 9.26. The summed E-state index contributed by atoms with van der Waals surface area (Å²) in [5, 5.41) is 11.3. The lowest BCUT2D eigenvalue weighted by Crippen LogP contribution is -2.23. The van der Waals surface area contributed by atoms with Crippen molar-refractivity contribution in [3.05, 3.63) is 37.1 Å². The van der Waals surface area contributed by atoms with Gasteiger partial charge in [-0.25, -0.2) is 9.55 Å². The van der Waals surface area contributed by atoms with E-state index in [1.807, 2.05) is 17.8 Å². The van der Waals surface area contributed by atoms with Crippen LogP contribution in [-0.4, -0.2) is 9.55 Å². The number of hydrogen-bond donors (Lipinski definition) is 0. The van der Waals surface area contributed by atoms with E-state index in [0.717, 1.165) is 0 Å². The Hall–Kier alpha value is -1.84. The van der Waals surface area contributed by atoms with Crippen molar-refractivity contribution in [3.63, 3.8) is 0 Å². The highest BCUT2D eigenvalue weighted by atomic mass is 16.3. The molecule has 0 bridgehead atoms. The Bertz CT molecular complexity index is 422. The van der Waals surface area contributed by atoms with Crippen LogP contribution in [0.5, 0.6) is 5.75 Å². The van der Waals surface area contributed by atoms with Crippen molar-refractivity contribution < 1.29 is 9.67 Å². The Morgan fingerprint density at radius 1 is 1.54 bits per heavy atom. The lowest BCUT2D eigenvalue weighted by atomic mass is 10.4. The molecule has 2 aromatic heterocycles. The van der Waals surface area contributed by atoms with E-state index < -0.39 is 0 Å². The Morgan fingerprint density at radius 3 is 3.00 bits per heavy atom. The molecule has 0 aliphatic heterocycles. The summed E-state index contributed by atoms with van der Waals surface area (Å²) in [7, 11) is 1.89. The minimum atomic E-state index is -0.0706. The largest absolute Gasteiger partial charge is 0.868 e. The Kier molecular flexibility index (Phi) is 1.73. The van der Waals surface area contributed by atoms with E-state index in [9.17, 15) is 5.11 Å². The molecule has 0 spiro atoms. The molecule has 4 heteroatoms. The zero-order valence-electron chi connectivity index (χ0n) is 7.21. The van der Waals surface area contributed by atoms with Gasteiger partial charge in [0, 0.05) is 6.20 Å². The molecule has 0 saturated heterocycles.